The first-order valence-electron chi connectivity index (χ1n) is 13.8. The fraction of sp³-hybridized carbons (Fsp3) is 0.312. The SMILES string of the molecule is COC(=O)Nc1ccc2c(c1)NC(=O)[C@@H](C)CCC[C@H](N1CCC(c3cccc(C)c3F)=CC1=O)c1ccnc-2c1. The van der Waals surface area contributed by atoms with Crippen LogP contribution in [0, 0.1) is 18.7 Å². The summed E-state index contributed by atoms with van der Waals surface area (Å²) in [4.78, 5) is 44.8. The summed E-state index contributed by atoms with van der Waals surface area (Å²) in [5.74, 6) is -0.871. The molecule has 0 saturated heterocycles. The molecule has 2 bridgehead atoms. The molecule has 2 N–H and O–H groups in total. The molecule has 0 saturated carbocycles. The summed E-state index contributed by atoms with van der Waals surface area (Å²) in [5, 5.41) is 5.64. The number of fused-ring (bicyclic) bond motifs is 4. The number of ether oxygens (including phenoxy) is 1. The molecule has 9 heteroatoms. The van der Waals surface area contributed by atoms with E-state index < -0.39 is 6.09 Å². The zero-order valence-corrected chi connectivity index (χ0v) is 23.4. The number of anilines is 2. The van der Waals surface area contributed by atoms with Crippen molar-refractivity contribution in [1.29, 1.82) is 0 Å². The van der Waals surface area contributed by atoms with Crippen LogP contribution in [-0.2, 0) is 14.3 Å². The average molecular weight is 557 g/mol. The molecule has 0 unspecified atom stereocenters. The van der Waals surface area contributed by atoms with Gasteiger partial charge in [0.15, 0.2) is 0 Å². The van der Waals surface area contributed by atoms with Crippen LogP contribution in [0.15, 0.2) is 60.8 Å². The van der Waals surface area contributed by atoms with Crippen LogP contribution in [-0.4, -0.2) is 41.4 Å². The van der Waals surface area contributed by atoms with Crippen molar-refractivity contribution >= 4 is 34.9 Å². The van der Waals surface area contributed by atoms with E-state index >= 15 is 0 Å². The number of hydrogen-bond donors (Lipinski definition) is 2. The Balaban J connectivity index is 1.51. The maximum atomic E-state index is 14.8. The largest absolute Gasteiger partial charge is 0.453 e. The number of carbonyl (C=O) groups is 3. The number of rotatable bonds is 3. The molecule has 8 nitrogen and oxygen atoms in total. The highest BCUT2D eigenvalue weighted by molar-refractivity contribution is 5.99. The minimum atomic E-state index is -0.616. The fourth-order valence-electron chi connectivity index (χ4n) is 5.50. The van der Waals surface area contributed by atoms with Gasteiger partial charge in [0.1, 0.15) is 5.82 Å². The van der Waals surface area contributed by atoms with Crippen molar-refractivity contribution in [2.24, 2.45) is 5.92 Å². The summed E-state index contributed by atoms with van der Waals surface area (Å²) in [5.41, 5.74) is 4.95. The van der Waals surface area contributed by atoms with Crippen LogP contribution in [0.5, 0.6) is 0 Å². The smallest absolute Gasteiger partial charge is 0.411 e. The number of halogens is 1. The Hall–Kier alpha value is -4.53. The van der Waals surface area contributed by atoms with Crippen LogP contribution in [0.1, 0.15) is 55.3 Å². The molecule has 0 radical (unpaired) electrons. The number of aromatic nitrogens is 1. The van der Waals surface area contributed by atoms with E-state index in [0.717, 1.165) is 12.0 Å². The maximum absolute atomic E-state index is 14.8. The molecule has 2 aliphatic heterocycles. The van der Waals surface area contributed by atoms with Gasteiger partial charge >= 0.3 is 6.09 Å². The van der Waals surface area contributed by atoms with Crippen LogP contribution in [0.2, 0.25) is 0 Å². The average Bonchev–Trinajstić information content (AvgIpc) is 2.96. The minimum absolute atomic E-state index is 0.142. The maximum Gasteiger partial charge on any atom is 0.411 e. The van der Waals surface area contributed by atoms with E-state index in [9.17, 15) is 18.8 Å². The summed E-state index contributed by atoms with van der Waals surface area (Å²) >= 11 is 0. The van der Waals surface area contributed by atoms with E-state index in [0.29, 0.717) is 65.1 Å². The van der Waals surface area contributed by atoms with Crippen LogP contribution in [0.3, 0.4) is 0 Å². The van der Waals surface area contributed by atoms with Crippen LogP contribution >= 0.6 is 0 Å². The van der Waals surface area contributed by atoms with Crippen molar-refractivity contribution in [2.75, 3.05) is 24.3 Å². The lowest BCUT2D eigenvalue weighted by atomic mass is 9.91. The molecule has 2 atom stereocenters. The van der Waals surface area contributed by atoms with Crippen molar-refractivity contribution in [3.63, 3.8) is 0 Å². The van der Waals surface area contributed by atoms with E-state index in [1.807, 2.05) is 24.0 Å². The van der Waals surface area contributed by atoms with Crippen molar-refractivity contribution in [1.82, 2.24) is 9.88 Å². The van der Waals surface area contributed by atoms with Gasteiger partial charge in [0.05, 0.1) is 24.5 Å². The standard InChI is InChI=1S/C32H33FN4O4/c1-19-6-4-8-24(30(19)33)21-13-15-37(29(38)17-21)28-9-5-7-20(2)31(39)36-27-18-23(35-32(40)41-3)10-11-25(27)26-16-22(28)12-14-34-26/h4,6,8,10-12,14,16-18,20,28H,5,7,9,13,15H2,1-3H3,(H,35,40)(H,36,39)/t20-,28-/m0/s1. The first kappa shape index (κ1) is 28.0. The third-order valence-corrected chi connectivity index (χ3v) is 7.83. The van der Waals surface area contributed by atoms with Crippen LogP contribution in [0.4, 0.5) is 20.6 Å². The Kier molecular flexibility index (Phi) is 8.14. The van der Waals surface area contributed by atoms with E-state index in [4.69, 9.17) is 4.74 Å². The molecule has 5 rings (SSSR count). The third kappa shape index (κ3) is 5.99. The van der Waals surface area contributed by atoms with Gasteiger partial charge in [0.2, 0.25) is 11.8 Å². The Morgan fingerprint density at radius 2 is 1.95 bits per heavy atom. The van der Waals surface area contributed by atoms with E-state index in [1.165, 1.54) is 7.11 Å². The normalized spacial score (nSPS) is 19.2. The highest BCUT2D eigenvalue weighted by Gasteiger charge is 2.30. The monoisotopic (exact) mass is 556 g/mol. The number of nitrogens with zero attached hydrogens (tertiary/aromatic N) is 2. The zero-order chi connectivity index (χ0) is 29.1. The predicted molar refractivity (Wildman–Crippen MR) is 156 cm³/mol. The van der Waals surface area contributed by atoms with Gasteiger partial charge in [-0.2, -0.15) is 0 Å². The highest BCUT2D eigenvalue weighted by Crippen LogP contribution is 2.37. The zero-order valence-electron chi connectivity index (χ0n) is 23.4. The van der Waals surface area contributed by atoms with Crippen molar-refractivity contribution in [3.8, 4) is 11.3 Å². The first-order chi connectivity index (χ1) is 19.7. The van der Waals surface area contributed by atoms with Gasteiger partial charge in [0, 0.05) is 41.5 Å². The summed E-state index contributed by atoms with van der Waals surface area (Å²) < 4.78 is 19.5. The summed E-state index contributed by atoms with van der Waals surface area (Å²) in [7, 11) is 1.28. The highest BCUT2D eigenvalue weighted by atomic mass is 19.1. The van der Waals surface area contributed by atoms with Gasteiger partial charge in [-0.05, 0) is 73.2 Å². The number of nitrogens with one attached hydrogen (secondary N) is 2. The molecule has 3 heterocycles. The lowest BCUT2D eigenvalue weighted by Crippen LogP contribution is -2.37. The van der Waals surface area contributed by atoms with Crippen LogP contribution < -0.4 is 10.6 Å². The Morgan fingerprint density at radius 3 is 2.73 bits per heavy atom. The number of aryl methyl sites for hydroxylation is 1. The molecule has 2 aromatic carbocycles. The van der Waals surface area contributed by atoms with Crippen molar-refractivity contribution in [2.45, 2.75) is 45.6 Å². The van der Waals surface area contributed by atoms with Gasteiger partial charge in [-0.15, -0.1) is 0 Å². The molecule has 0 spiro atoms. The Bertz CT molecular complexity index is 1540. The molecular weight excluding hydrogens is 523 g/mol. The van der Waals surface area contributed by atoms with E-state index in [-0.39, 0.29) is 29.6 Å². The lowest BCUT2D eigenvalue weighted by Gasteiger charge is -2.35. The number of hydrogen-bond acceptors (Lipinski definition) is 5. The molecule has 3 amide bonds. The number of pyridine rings is 1. The van der Waals surface area contributed by atoms with E-state index in [1.54, 1.807) is 55.6 Å². The molecule has 0 fully saturated rings. The molecule has 0 aliphatic carbocycles. The first-order valence-corrected chi connectivity index (χ1v) is 13.8. The second kappa shape index (κ2) is 11.9. The fourth-order valence-corrected chi connectivity index (χ4v) is 5.50. The summed E-state index contributed by atoms with van der Waals surface area (Å²) in [6, 6.07) is 14.1. The van der Waals surface area contributed by atoms with Gasteiger partial charge in [0.25, 0.3) is 0 Å². The Labute approximate surface area is 238 Å². The molecular formula is C32H33FN4O4. The second-order valence-electron chi connectivity index (χ2n) is 10.6. The number of carbonyl (C=O) groups excluding carboxylic acids is 3. The van der Waals surface area contributed by atoms with Crippen LogP contribution in [0.25, 0.3) is 16.8 Å². The molecule has 3 aromatic rings. The van der Waals surface area contributed by atoms with Crippen molar-refractivity contribution in [3.05, 3.63) is 83.3 Å². The van der Waals surface area contributed by atoms with Gasteiger partial charge in [-0.1, -0.05) is 31.5 Å². The van der Waals surface area contributed by atoms with Gasteiger partial charge < -0.3 is 15.0 Å². The molecule has 41 heavy (non-hydrogen) atoms. The quantitative estimate of drug-likeness (QED) is 0.384. The summed E-state index contributed by atoms with van der Waals surface area (Å²) in [6.45, 7) is 4.05. The summed E-state index contributed by atoms with van der Waals surface area (Å²) in [6.07, 6.45) is 5.21. The number of amides is 3. The molecule has 212 valence electrons. The van der Waals surface area contributed by atoms with Crippen molar-refractivity contribution < 1.29 is 23.5 Å². The second-order valence-corrected chi connectivity index (χ2v) is 10.6. The Morgan fingerprint density at radius 1 is 1.12 bits per heavy atom. The lowest BCUT2D eigenvalue weighted by molar-refractivity contribution is -0.129. The third-order valence-electron chi connectivity index (χ3n) is 7.83. The minimum Gasteiger partial charge on any atom is -0.453 e. The predicted octanol–water partition coefficient (Wildman–Crippen LogP) is 6.49. The number of benzene rings is 2. The molecule has 1 aromatic heterocycles. The van der Waals surface area contributed by atoms with E-state index in [2.05, 4.69) is 15.6 Å². The topological polar surface area (TPSA) is 101 Å². The molecule has 2 aliphatic rings. The van der Waals surface area contributed by atoms with Gasteiger partial charge in [-0.3, -0.25) is 19.9 Å². The van der Waals surface area contributed by atoms with Gasteiger partial charge in [-0.25, -0.2) is 9.18 Å². The number of methoxy groups -OCH3 is 1.